The summed E-state index contributed by atoms with van der Waals surface area (Å²) < 4.78 is 0. The van der Waals surface area contributed by atoms with Gasteiger partial charge in [0.05, 0.1) is 0 Å². The van der Waals surface area contributed by atoms with Crippen LogP contribution in [0.3, 0.4) is 0 Å². The highest BCUT2D eigenvalue weighted by atomic mass is 32.2. The zero-order valence-electron chi connectivity index (χ0n) is 12.9. The van der Waals surface area contributed by atoms with Gasteiger partial charge in [-0.25, -0.2) is 0 Å². The molecule has 1 aromatic rings. The number of hydrogen-bond acceptors (Lipinski definition) is 3. The maximum absolute atomic E-state index is 3.45. The largest absolute Gasteiger partial charge is 0.314 e. The Bertz CT molecular complexity index is 556. The molecule has 0 spiro atoms. The molecule has 2 nitrogen and oxygen atoms in total. The molecule has 1 saturated heterocycles. The topological polar surface area (TPSA) is 15.3 Å². The minimum Gasteiger partial charge on any atom is -0.314 e. The molecule has 0 bridgehead atoms. The molecule has 0 saturated carbocycles. The summed E-state index contributed by atoms with van der Waals surface area (Å²) in [7, 11) is 0. The third-order valence-corrected chi connectivity index (χ3v) is 5.55. The maximum Gasteiger partial charge on any atom is 0.0446 e. The lowest BCUT2D eigenvalue weighted by Crippen LogP contribution is -2.48. The standard InChI is InChI=1S/C18H24N2S/c1-14-7-8-15(2)18(13-14)21-17-6-4-3-5-16(17)20-11-9-19-10-12-20/h3-4,6-8,13,16,19H,5,9-12H2,1-2H3. The van der Waals surface area contributed by atoms with E-state index in [0.717, 1.165) is 32.6 Å². The second-order valence-electron chi connectivity index (χ2n) is 5.91. The van der Waals surface area contributed by atoms with Crippen molar-refractivity contribution >= 4 is 11.8 Å². The van der Waals surface area contributed by atoms with Crippen molar-refractivity contribution in [3.8, 4) is 0 Å². The van der Waals surface area contributed by atoms with Crippen LogP contribution in [-0.2, 0) is 0 Å². The molecule has 1 aliphatic heterocycles. The summed E-state index contributed by atoms with van der Waals surface area (Å²) in [5, 5.41) is 3.45. The van der Waals surface area contributed by atoms with Gasteiger partial charge in [0.25, 0.3) is 0 Å². The van der Waals surface area contributed by atoms with Crippen LogP contribution in [0.1, 0.15) is 17.5 Å². The second-order valence-corrected chi connectivity index (χ2v) is 7.02. The molecule has 1 heterocycles. The van der Waals surface area contributed by atoms with Crippen molar-refractivity contribution in [3.63, 3.8) is 0 Å². The van der Waals surface area contributed by atoms with E-state index in [1.54, 1.807) is 0 Å². The molecule has 1 aliphatic carbocycles. The highest BCUT2D eigenvalue weighted by Crippen LogP contribution is 2.36. The fourth-order valence-corrected chi connectivity index (χ4v) is 4.22. The molecule has 1 atom stereocenters. The first-order valence-electron chi connectivity index (χ1n) is 7.80. The highest BCUT2D eigenvalue weighted by Gasteiger charge is 2.25. The van der Waals surface area contributed by atoms with Crippen molar-refractivity contribution in [1.29, 1.82) is 0 Å². The summed E-state index contributed by atoms with van der Waals surface area (Å²) in [6, 6.07) is 7.30. The monoisotopic (exact) mass is 300 g/mol. The van der Waals surface area contributed by atoms with E-state index in [4.69, 9.17) is 0 Å². The van der Waals surface area contributed by atoms with E-state index in [1.165, 1.54) is 20.9 Å². The Kier molecular flexibility index (Phi) is 4.84. The third kappa shape index (κ3) is 3.60. The lowest BCUT2D eigenvalue weighted by Gasteiger charge is -2.36. The van der Waals surface area contributed by atoms with Gasteiger partial charge in [-0.3, -0.25) is 4.90 Å². The number of thioether (sulfide) groups is 1. The fraction of sp³-hybridized carbons (Fsp3) is 0.444. The Balaban J connectivity index is 1.79. The Hall–Kier alpha value is -1.03. The lowest BCUT2D eigenvalue weighted by molar-refractivity contribution is 0.200. The second kappa shape index (κ2) is 6.82. The molecular formula is C18H24N2S. The molecular weight excluding hydrogens is 276 g/mol. The number of hydrogen-bond donors (Lipinski definition) is 1. The van der Waals surface area contributed by atoms with Gasteiger partial charge >= 0.3 is 0 Å². The van der Waals surface area contributed by atoms with Gasteiger partial charge in [0.2, 0.25) is 0 Å². The van der Waals surface area contributed by atoms with Crippen molar-refractivity contribution in [2.75, 3.05) is 26.2 Å². The fourth-order valence-electron chi connectivity index (χ4n) is 2.97. The van der Waals surface area contributed by atoms with Crippen molar-refractivity contribution < 1.29 is 0 Å². The summed E-state index contributed by atoms with van der Waals surface area (Å²) in [6.45, 7) is 8.92. The normalized spacial score (nSPS) is 23.1. The average molecular weight is 300 g/mol. The SMILES string of the molecule is Cc1ccc(C)c(SC2=CC=CCC2N2CCNCC2)c1. The number of rotatable bonds is 3. The van der Waals surface area contributed by atoms with Crippen LogP contribution in [0.15, 0.2) is 46.2 Å². The molecule has 0 aromatic heterocycles. The van der Waals surface area contributed by atoms with Gasteiger partial charge in [0.1, 0.15) is 0 Å². The first-order valence-corrected chi connectivity index (χ1v) is 8.62. The zero-order valence-corrected chi connectivity index (χ0v) is 13.7. The highest BCUT2D eigenvalue weighted by molar-refractivity contribution is 8.03. The Labute approximate surface area is 132 Å². The number of benzene rings is 1. The number of piperazine rings is 1. The maximum atomic E-state index is 3.45. The van der Waals surface area contributed by atoms with Crippen LogP contribution in [-0.4, -0.2) is 37.1 Å². The third-order valence-electron chi connectivity index (χ3n) is 4.25. The van der Waals surface area contributed by atoms with Crippen LogP contribution in [0.2, 0.25) is 0 Å². The number of nitrogens with one attached hydrogen (secondary N) is 1. The number of nitrogens with zero attached hydrogens (tertiary/aromatic N) is 1. The van der Waals surface area contributed by atoms with Gasteiger partial charge in [-0.1, -0.05) is 42.1 Å². The van der Waals surface area contributed by atoms with E-state index in [1.807, 2.05) is 11.8 Å². The molecule has 21 heavy (non-hydrogen) atoms. The molecule has 1 fully saturated rings. The van der Waals surface area contributed by atoms with E-state index in [9.17, 15) is 0 Å². The summed E-state index contributed by atoms with van der Waals surface area (Å²) in [6.07, 6.45) is 7.97. The summed E-state index contributed by atoms with van der Waals surface area (Å²) in [5.74, 6) is 0. The number of allylic oxidation sites excluding steroid dienone is 2. The summed E-state index contributed by atoms with van der Waals surface area (Å²) in [4.78, 5) is 5.52. The van der Waals surface area contributed by atoms with Crippen molar-refractivity contribution in [1.82, 2.24) is 10.2 Å². The van der Waals surface area contributed by atoms with Gasteiger partial charge < -0.3 is 5.32 Å². The van der Waals surface area contributed by atoms with E-state index < -0.39 is 0 Å². The lowest BCUT2D eigenvalue weighted by atomic mass is 10.1. The molecule has 1 unspecified atom stereocenters. The predicted octanol–water partition coefficient (Wildman–Crippen LogP) is 3.51. The molecule has 1 N–H and O–H groups in total. The van der Waals surface area contributed by atoms with Gasteiger partial charge in [0, 0.05) is 42.0 Å². The Morgan fingerprint density at radius 1 is 1.19 bits per heavy atom. The molecule has 3 heteroatoms. The summed E-state index contributed by atoms with van der Waals surface area (Å²) in [5.41, 5.74) is 2.72. The predicted molar refractivity (Wildman–Crippen MR) is 91.8 cm³/mol. The minimum atomic E-state index is 0.557. The summed E-state index contributed by atoms with van der Waals surface area (Å²) >= 11 is 1.95. The molecule has 1 aromatic carbocycles. The van der Waals surface area contributed by atoms with Crippen molar-refractivity contribution in [2.24, 2.45) is 0 Å². The van der Waals surface area contributed by atoms with E-state index in [-0.39, 0.29) is 0 Å². The van der Waals surface area contributed by atoms with Crippen LogP contribution in [0.5, 0.6) is 0 Å². The van der Waals surface area contributed by atoms with Crippen molar-refractivity contribution in [2.45, 2.75) is 31.2 Å². The zero-order chi connectivity index (χ0) is 14.7. The van der Waals surface area contributed by atoms with E-state index in [2.05, 4.69) is 60.5 Å². The molecule has 2 aliphatic rings. The first kappa shape index (κ1) is 14.9. The van der Waals surface area contributed by atoms with Gasteiger partial charge in [0.15, 0.2) is 0 Å². The van der Waals surface area contributed by atoms with Crippen LogP contribution >= 0.6 is 11.8 Å². The van der Waals surface area contributed by atoms with Crippen molar-refractivity contribution in [3.05, 3.63) is 52.5 Å². The Morgan fingerprint density at radius 2 is 2.00 bits per heavy atom. The molecule has 3 rings (SSSR count). The van der Waals surface area contributed by atoms with E-state index >= 15 is 0 Å². The van der Waals surface area contributed by atoms with Crippen LogP contribution < -0.4 is 5.32 Å². The van der Waals surface area contributed by atoms with Gasteiger partial charge in [-0.15, -0.1) is 0 Å². The van der Waals surface area contributed by atoms with Crippen LogP contribution in [0.4, 0.5) is 0 Å². The van der Waals surface area contributed by atoms with Gasteiger partial charge in [-0.05, 0) is 37.5 Å². The number of aryl methyl sites for hydroxylation is 2. The van der Waals surface area contributed by atoms with Crippen LogP contribution in [0, 0.1) is 13.8 Å². The van der Waals surface area contributed by atoms with E-state index in [0.29, 0.717) is 6.04 Å². The quantitative estimate of drug-likeness (QED) is 0.919. The smallest absolute Gasteiger partial charge is 0.0446 e. The average Bonchev–Trinajstić information content (AvgIpc) is 2.52. The molecule has 0 radical (unpaired) electrons. The van der Waals surface area contributed by atoms with Gasteiger partial charge in [-0.2, -0.15) is 0 Å². The molecule has 112 valence electrons. The molecule has 0 amide bonds. The minimum absolute atomic E-state index is 0.557. The first-order chi connectivity index (χ1) is 10.2. The van der Waals surface area contributed by atoms with Crippen LogP contribution in [0.25, 0.3) is 0 Å². The Morgan fingerprint density at radius 3 is 2.81 bits per heavy atom.